The third-order valence-corrected chi connectivity index (χ3v) is 7.52. The van der Waals surface area contributed by atoms with E-state index in [2.05, 4.69) is 14.9 Å². The number of benzene rings is 3. The summed E-state index contributed by atoms with van der Waals surface area (Å²) in [6, 6.07) is 13.8. The van der Waals surface area contributed by atoms with E-state index in [-0.39, 0.29) is 22.7 Å². The van der Waals surface area contributed by atoms with Gasteiger partial charge in [0.2, 0.25) is 10.0 Å². The van der Waals surface area contributed by atoms with Gasteiger partial charge in [0, 0.05) is 44.8 Å². The van der Waals surface area contributed by atoms with Crippen LogP contribution < -0.4 is 19.5 Å². The van der Waals surface area contributed by atoms with Crippen molar-refractivity contribution in [2.75, 3.05) is 77.1 Å². The van der Waals surface area contributed by atoms with E-state index in [0.717, 1.165) is 24.9 Å². The fourth-order valence-corrected chi connectivity index (χ4v) is 5.16. The monoisotopic (exact) mass is 629 g/mol. The lowest BCUT2D eigenvalue weighted by atomic mass is 9.86. The fraction of sp³-hybridized carbons (Fsp3) is 0.438. The summed E-state index contributed by atoms with van der Waals surface area (Å²) in [7, 11) is 1.02. The molecular weight excluding hydrogens is 586 g/mol. The van der Waals surface area contributed by atoms with Crippen molar-refractivity contribution in [3.63, 3.8) is 0 Å². The van der Waals surface area contributed by atoms with Crippen molar-refractivity contribution in [3.05, 3.63) is 59.7 Å². The molecule has 0 aliphatic heterocycles. The van der Waals surface area contributed by atoms with E-state index in [1.54, 1.807) is 50.6 Å². The van der Waals surface area contributed by atoms with Crippen molar-refractivity contribution in [1.82, 2.24) is 4.90 Å². The van der Waals surface area contributed by atoms with E-state index < -0.39 is 27.1 Å². The van der Waals surface area contributed by atoms with E-state index in [1.165, 1.54) is 7.11 Å². The highest BCUT2D eigenvalue weighted by Crippen LogP contribution is 2.39. The van der Waals surface area contributed by atoms with Gasteiger partial charge in [0.05, 0.1) is 38.0 Å². The van der Waals surface area contributed by atoms with Crippen LogP contribution in [-0.2, 0) is 29.7 Å². The largest absolute Gasteiger partial charge is 0.492 e. The first kappa shape index (κ1) is 34.8. The summed E-state index contributed by atoms with van der Waals surface area (Å²) < 4.78 is 48.6. The van der Waals surface area contributed by atoms with Crippen LogP contribution in [0.2, 0.25) is 0 Å². The summed E-state index contributed by atoms with van der Waals surface area (Å²) in [5.41, 5.74) is 0.843. The summed E-state index contributed by atoms with van der Waals surface area (Å²) in [6.07, 6.45) is 1.02. The van der Waals surface area contributed by atoms with Crippen LogP contribution in [0.5, 0.6) is 11.5 Å². The van der Waals surface area contributed by atoms with Gasteiger partial charge in [0.25, 0.3) is 11.7 Å². The SMILES string of the molecule is COCCN(CCOC)CCOc1ccc(C(=O)C(=O)Nc2cc(C(C)(C)C)cc(NS(C)(=O)=O)c2OC)c2ccccc12. The number of hydrogen-bond acceptors (Lipinski definition) is 9. The first-order valence-corrected chi connectivity index (χ1v) is 16.1. The molecule has 0 heterocycles. The highest BCUT2D eigenvalue weighted by Gasteiger charge is 2.25. The maximum Gasteiger partial charge on any atom is 0.296 e. The summed E-state index contributed by atoms with van der Waals surface area (Å²) >= 11 is 0. The number of hydrogen-bond donors (Lipinski definition) is 2. The van der Waals surface area contributed by atoms with Crippen molar-refractivity contribution in [3.8, 4) is 11.5 Å². The number of anilines is 2. The molecular formula is C32H43N3O8S. The summed E-state index contributed by atoms with van der Waals surface area (Å²) in [5, 5.41) is 3.91. The van der Waals surface area contributed by atoms with E-state index in [0.29, 0.717) is 42.9 Å². The van der Waals surface area contributed by atoms with Gasteiger partial charge in [-0.3, -0.25) is 19.2 Å². The number of fused-ring (bicyclic) bond motifs is 1. The van der Waals surface area contributed by atoms with Crippen molar-refractivity contribution in [2.24, 2.45) is 0 Å². The molecule has 0 atom stereocenters. The Morgan fingerprint density at radius 3 is 2.00 bits per heavy atom. The molecule has 0 saturated carbocycles. The van der Waals surface area contributed by atoms with Crippen molar-refractivity contribution >= 4 is 43.9 Å². The fourth-order valence-electron chi connectivity index (χ4n) is 4.61. The number of nitrogens with zero attached hydrogens (tertiary/aromatic N) is 1. The maximum absolute atomic E-state index is 13.5. The summed E-state index contributed by atoms with van der Waals surface area (Å²) in [5.74, 6) is -0.987. The lowest BCUT2D eigenvalue weighted by molar-refractivity contribution is -0.112. The Balaban J connectivity index is 1.88. The predicted molar refractivity (Wildman–Crippen MR) is 173 cm³/mol. The van der Waals surface area contributed by atoms with E-state index >= 15 is 0 Å². The molecule has 1 amide bonds. The Labute approximate surface area is 259 Å². The molecule has 0 unspecified atom stereocenters. The maximum atomic E-state index is 13.5. The van der Waals surface area contributed by atoms with Crippen molar-refractivity contribution in [2.45, 2.75) is 26.2 Å². The molecule has 3 aromatic rings. The number of nitrogens with one attached hydrogen (secondary N) is 2. The lowest BCUT2D eigenvalue weighted by Crippen LogP contribution is -2.34. The molecule has 0 spiro atoms. The number of Topliss-reactive ketones (excluding diaryl/α,β-unsaturated/α-hetero) is 1. The standard InChI is InChI=1S/C32H43N3O8S/c1-32(2,3)22-20-26(30(42-6)27(21-22)34-44(7,38)39)33-31(37)29(36)25-12-13-28(24-11-9-8-10-23(24)25)43-19-16-35(14-17-40-4)15-18-41-5/h8-13,20-21,34H,14-19H2,1-7H3,(H,33,37). The van der Waals surface area contributed by atoms with Gasteiger partial charge in [-0.05, 0) is 40.6 Å². The van der Waals surface area contributed by atoms with Gasteiger partial charge in [0.1, 0.15) is 12.4 Å². The molecule has 0 radical (unpaired) electrons. The van der Waals surface area contributed by atoms with Crippen LogP contribution in [0.4, 0.5) is 11.4 Å². The molecule has 0 fully saturated rings. The molecule has 0 bridgehead atoms. The van der Waals surface area contributed by atoms with Gasteiger partial charge >= 0.3 is 0 Å². The molecule has 0 saturated heterocycles. The second kappa shape index (κ2) is 15.3. The number of carbonyl (C=O) groups excluding carboxylic acids is 2. The second-order valence-electron chi connectivity index (χ2n) is 11.3. The molecule has 3 rings (SSSR count). The van der Waals surface area contributed by atoms with Crippen LogP contribution in [0.1, 0.15) is 36.7 Å². The zero-order valence-electron chi connectivity index (χ0n) is 26.5. The summed E-state index contributed by atoms with van der Waals surface area (Å²) in [4.78, 5) is 29.1. The van der Waals surface area contributed by atoms with Crippen LogP contribution in [0.25, 0.3) is 10.8 Å². The highest BCUT2D eigenvalue weighted by atomic mass is 32.2. The van der Waals surface area contributed by atoms with Gasteiger partial charge < -0.3 is 24.3 Å². The molecule has 0 aliphatic carbocycles. The predicted octanol–water partition coefficient (Wildman–Crippen LogP) is 4.31. The zero-order valence-corrected chi connectivity index (χ0v) is 27.3. The van der Waals surface area contributed by atoms with Crippen LogP contribution in [0.3, 0.4) is 0 Å². The number of methoxy groups -OCH3 is 3. The molecule has 11 nitrogen and oxygen atoms in total. The Kier molecular flexibility index (Phi) is 12.1. The highest BCUT2D eigenvalue weighted by molar-refractivity contribution is 7.92. The molecule has 240 valence electrons. The molecule has 12 heteroatoms. The number of rotatable bonds is 16. The lowest BCUT2D eigenvalue weighted by Gasteiger charge is -2.24. The number of carbonyl (C=O) groups is 2. The molecule has 0 aliphatic rings. The van der Waals surface area contributed by atoms with E-state index in [1.807, 2.05) is 32.9 Å². The summed E-state index contributed by atoms with van der Waals surface area (Å²) in [6.45, 7) is 9.55. The molecule has 0 aromatic heterocycles. The number of sulfonamides is 1. The van der Waals surface area contributed by atoms with Crippen LogP contribution in [0, 0.1) is 0 Å². The number of amides is 1. The van der Waals surface area contributed by atoms with Gasteiger partial charge in [-0.2, -0.15) is 0 Å². The van der Waals surface area contributed by atoms with Gasteiger partial charge in [-0.15, -0.1) is 0 Å². The Bertz CT molecular complexity index is 1560. The topological polar surface area (TPSA) is 132 Å². The minimum Gasteiger partial charge on any atom is -0.492 e. The second-order valence-corrected chi connectivity index (χ2v) is 13.1. The molecule has 44 heavy (non-hydrogen) atoms. The third kappa shape index (κ3) is 9.39. The average Bonchev–Trinajstić information content (AvgIpc) is 2.96. The third-order valence-electron chi connectivity index (χ3n) is 6.93. The first-order chi connectivity index (χ1) is 20.8. The van der Waals surface area contributed by atoms with Gasteiger partial charge in [-0.1, -0.05) is 45.0 Å². The van der Waals surface area contributed by atoms with Crippen LogP contribution in [-0.4, -0.2) is 92.0 Å². The van der Waals surface area contributed by atoms with E-state index in [4.69, 9.17) is 18.9 Å². The average molecular weight is 630 g/mol. The smallest absolute Gasteiger partial charge is 0.296 e. The van der Waals surface area contributed by atoms with Crippen LogP contribution >= 0.6 is 0 Å². The quantitative estimate of drug-likeness (QED) is 0.176. The normalized spacial score (nSPS) is 11.9. The number of ether oxygens (including phenoxy) is 4. The van der Waals surface area contributed by atoms with Gasteiger partial charge in [0.15, 0.2) is 5.75 Å². The van der Waals surface area contributed by atoms with E-state index in [9.17, 15) is 18.0 Å². The number of ketones is 1. The van der Waals surface area contributed by atoms with Crippen molar-refractivity contribution in [1.29, 1.82) is 0 Å². The Hall–Kier alpha value is -3.71. The van der Waals surface area contributed by atoms with Gasteiger partial charge in [-0.25, -0.2) is 8.42 Å². The Morgan fingerprint density at radius 2 is 1.43 bits per heavy atom. The van der Waals surface area contributed by atoms with Crippen LogP contribution in [0.15, 0.2) is 48.5 Å². The molecule has 2 N–H and O–H groups in total. The minimum atomic E-state index is -3.66. The zero-order chi connectivity index (χ0) is 32.5. The Morgan fingerprint density at radius 1 is 0.841 bits per heavy atom. The van der Waals surface area contributed by atoms with Crippen molar-refractivity contribution < 1.29 is 37.0 Å². The molecule has 3 aromatic carbocycles. The first-order valence-electron chi connectivity index (χ1n) is 14.2. The minimum absolute atomic E-state index is 0.0863.